The van der Waals surface area contributed by atoms with Gasteiger partial charge in [-0.15, -0.1) is 0 Å². The molecule has 0 aromatic heterocycles. The number of amides is 1. The van der Waals surface area contributed by atoms with Crippen molar-refractivity contribution in [1.82, 2.24) is 9.62 Å². The van der Waals surface area contributed by atoms with Crippen LogP contribution in [-0.4, -0.2) is 52.5 Å². The summed E-state index contributed by atoms with van der Waals surface area (Å²) < 4.78 is 27.7. The van der Waals surface area contributed by atoms with Crippen molar-refractivity contribution in [2.75, 3.05) is 32.1 Å². The fraction of sp³-hybridized carbons (Fsp3) is 0.562. The average Bonchev–Trinajstić information content (AvgIpc) is 2.87. The highest BCUT2D eigenvalue weighted by molar-refractivity contribution is 7.89. The molecule has 0 saturated heterocycles. The first-order chi connectivity index (χ1) is 10.7. The lowest BCUT2D eigenvalue weighted by Crippen LogP contribution is -2.34. The first-order valence-corrected chi connectivity index (χ1v) is 9.27. The van der Waals surface area contributed by atoms with E-state index in [9.17, 15) is 13.2 Å². The van der Waals surface area contributed by atoms with Crippen LogP contribution in [-0.2, 0) is 21.2 Å². The molecule has 128 valence electrons. The van der Waals surface area contributed by atoms with Gasteiger partial charge < -0.3 is 9.80 Å². The van der Waals surface area contributed by atoms with E-state index in [0.717, 1.165) is 24.2 Å². The van der Waals surface area contributed by atoms with E-state index in [1.54, 1.807) is 23.1 Å². The number of sulfonamides is 1. The van der Waals surface area contributed by atoms with E-state index in [4.69, 9.17) is 0 Å². The van der Waals surface area contributed by atoms with Gasteiger partial charge in [0.1, 0.15) is 0 Å². The molecule has 1 aliphatic heterocycles. The van der Waals surface area contributed by atoms with E-state index in [-0.39, 0.29) is 16.8 Å². The Balaban J connectivity index is 2.14. The van der Waals surface area contributed by atoms with Crippen LogP contribution in [0.2, 0.25) is 0 Å². The lowest BCUT2D eigenvalue weighted by atomic mass is 10.2. The molecule has 23 heavy (non-hydrogen) atoms. The zero-order chi connectivity index (χ0) is 17.2. The highest BCUT2D eigenvalue weighted by atomic mass is 32.2. The maximum atomic E-state index is 12.5. The fourth-order valence-corrected chi connectivity index (χ4v) is 4.04. The van der Waals surface area contributed by atoms with E-state index in [1.165, 1.54) is 6.92 Å². The number of nitrogens with zero attached hydrogens (tertiary/aromatic N) is 2. The van der Waals surface area contributed by atoms with Gasteiger partial charge in [-0.25, -0.2) is 13.1 Å². The molecule has 1 aromatic rings. The molecule has 0 saturated carbocycles. The van der Waals surface area contributed by atoms with Crippen LogP contribution in [0.5, 0.6) is 0 Å². The molecule has 2 rings (SSSR count). The van der Waals surface area contributed by atoms with Crippen molar-refractivity contribution in [3.63, 3.8) is 0 Å². The Labute approximate surface area is 138 Å². The minimum Gasteiger partial charge on any atom is -0.312 e. The third-order valence-corrected chi connectivity index (χ3v) is 5.59. The predicted molar refractivity (Wildman–Crippen MR) is 91.1 cm³/mol. The fourth-order valence-electron chi connectivity index (χ4n) is 2.72. The van der Waals surface area contributed by atoms with Gasteiger partial charge in [0.05, 0.1) is 4.90 Å². The minimum absolute atomic E-state index is 0.0187. The number of nitrogens with one attached hydrogen (secondary N) is 1. The molecule has 0 unspecified atom stereocenters. The SMILES string of the molecule is CC(=O)N1CCc2cc(S(=O)(=O)N[C@H](C)CCN(C)C)ccc21. The monoisotopic (exact) mass is 339 g/mol. The summed E-state index contributed by atoms with van der Waals surface area (Å²) in [6, 6.07) is 4.84. The first kappa shape index (κ1) is 17.9. The van der Waals surface area contributed by atoms with E-state index >= 15 is 0 Å². The van der Waals surface area contributed by atoms with Gasteiger partial charge in [0, 0.05) is 25.2 Å². The van der Waals surface area contributed by atoms with Crippen molar-refractivity contribution in [3.05, 3.63) is 23.8 Å². The van der Waals surface area contributed by atoms with Crippen molar-refractivity contribution in [3.8, 4) is 0 Å². The summed E-state index contributed by atoms with van der Waals surface area (Å²) in [5.41, 5.74) is 1.72. The Morgan fingerprint density at radius 1 is 1.39 bits per heavy atom. The van der Waals surface area contributed by atoms with Crippen molar-refractivity contribution in [2.24, 2.45) is 0 Å². The highest BCUT2D eigenvalue weighted by Gasteiger charge is 2.25. The van der Waals surface area contributed by atoms with E-state index in [1.807, 2.05) is 25.9 Å². The molecule has 0 bridgehead atoms. The molecule has 1 N–H and O–H groups in total. The zero-order valence-electron chi connectivity index (χ0n) is 14.2. The normalized spacial score (nSPS) is 15.8. The van der Waals surface area contributed by atoms with Gasteiger partial charge in [0.15, 0.2) is 0 Å². The number of benzene rings is 1. The van der Waals surface area contributed by atoms with E-state index < -0.39 is 10.0 Å². The Morgan fingerprint density at radius 3 is 2.70 bits per heavy atom. The molecule has 0 aliphatic carbocycles. The van der Waals surface area contributed by atoms with Crippen LogP contribution in [0.25, 0.3) is 0 Å². The molecular formula is C16H25N3O3S. The summed E-state index contributed by atoms with van der Waals surface area (Å²) in [6.07, 6.45) is 1.43. The van der Waals surface area contributed by atoms with Crippen LogP contribution in [0.3, 0.4) is 0 Å². The number of carbonyl (C=O) groups excluding carboxylic acids is 1. The first-order valence-electron chi connectivity index (χ1n) is 7.79. The van der Waals surface area contributed by atoms with Crippen molar-refractivity contribution in [1.29, 1.82) is 0 Å². The highest BCUT2D eigenvalue weighted by Crippen LogP contribution is 2.30. The maximum absolute atomic E-state index is 12.5. The molecular weight excluding hydrogens is 314 g/mol. The van der Waals surface area contributed by atoms with Gasteiger partial charge in [-0.05, 0) is 64.2 Å². The lowest BCUT2D eigenvalue weighted by Gasteiger charge is -2.18. The van der Waals surface area contributed by atoms with Gasteiger partial charge >= 0.3 is 0 Å². The largest absolute Gasteiger partial charge is 0.312 e. The molecule has 1 amide bonds. The van der Waals surface area contributed by atoms with Crippen molar-refractivity contribution in [2.45, 2.75) is 37.6 Å². The van der Waals surface area contributed by atoms with Gasteiger partial charge in [-0.3, -0.25) is 4.79 Å². The number of hydrogen-bond donors (Lipinski definition) is 1. The Kier molecular flexibility index (Phi) is 5.44. The summed E-state index contributed by atoms with van der Waals surface area (Å²) in [7, 11) is 0.383. The summed E-state index contributed by atoms with van der Waals surface area (Å²) in [5.74, 6) is -0.0187. The summed E-state index contributed by atoms with van der Waals surface area (Å²) in [4.78, 5) is 15.5. The molecule has 1 aromatic carbocycles. The van der Waals surface area contributed by atoms with Gasteiger partial charge in [-0.2, -0.15) is 0 Å². The van der Waals surface area contributed by atoms with Crippen molar-refractivity contribution >= 4 is 21.6 Å². The molecule has 7 heteroatoms. The van der Waals surface area contributed by atoms with Crippen LogP contribution in [0, 0.1) is 0 Å². The second kappa shape index (κ2) is 6.98. The topological polar surface area (TPSA) is 69.7 Å². The molecule has 1 heterocycles. The molecule has 0 spiro atoms. The van der Waals surface area contributed by atoms with Crippen LogP contribution >= 0.6 is 0 Å². The van der Waals surface area contributed by atoms with Crippen molar-refractivity contribution < 1.29 is 13.2 Å². The minimum atomic E-state index is -3.54. The summed E-state index contributed by atoms with van der Waals surface area (Å²) >= 11 is 0. The Hall–Kier alpha value is -1.44. The van der Waals surface area contributed by atoms with E-state index in [0.29, 0.717) is 13.0 Å². The molecule has 1 atom stereocenters. The van der Waals surface area contributed by atoms with Crippen LogP contribution in [0.4, 0.5) is 5.69 Å². The van der Waals surface area contributed by atoms with E-state index in [2.05, 4.69) is 4.72 Å². The molecule has 6 nitrogen and oxygen atoms in total. The molecule has 1 aliphatic rings. The maximum Gasteiger partial charge on any atom is 0.240 e. The van der Waals surface area contributed by atoms with Gasteiger partial charge in [0.25, 0.3) is 0 Å². The van der Waals surface area contributed by atoms with Gasteiger partial charge in [-0.1, -0.05) is 0 Å². The number of anilines is 1. The summed E-state index contributed by atoms with van der Waals surface area (Å²) in [6.45, 7) is 4.82. The quantitative estimate of drug-likeness (QED) is 0.846. The zero-order valence-corrected chi connectivity index (χ0v) is 15.0. The number of rotatable bonds is 6. The second-order valence-corrected chi connectivity index (χ2v) is 8.04. The second-order valence-electron chi connectivity index (χ2n) is 6.33. The molecule has 0 radical (unpaired) electrons. The number of fused-ring (bicyclic) bond motifs is 1. The third-order valence-electron chi connectivity index (χ3n) is 4.00. The Morgan fingerprint density at radius 2 is 2.09 bits per heavy atom. The lowest BCUT2D eigenvalue weighted by molar-refractivity contribution is -0.116. The standard InChI is InChI=1S/C16H25N3O3S/c1-12(7-9-18(3)4)17-23(21,22)15-5-6-16-14(11-15)8-10-19(16)13(2)20/h5-6,11-12,17H,7-10H2,1-4H3/t12-/m1/s1. The van der Waals surface area contributed by atoms with Gasteiger partial charge in [0.2, 0.25) is 15.9 Å². The Bertz CT molecular complexity index is 686. The average molecular weight is 339 g/mol. The third kappa shape index (κ3) is 4.31. The smallest absolute Gasteiger partial charge is 0.240 e. The van der Waals surface area contributed by atoms with Crippen LogP contribution in [0.1, 0.15) is 25.8 Å². The number of hydrogen-bond acceptors (Lipinski definition) is 4. The van der Waals surface area contributed by atoms with Crippen LogP contribution < -0.4 is 9.62 Å². The summed E-state index contributed by atoms with van der Waals surface area (Å²) in [5, 5.41) is 0. The molecule has 0 fully saturated rings. The predicted octanol–water partition coefficient (Wildman–Crippen LogP) is 1.21. The number of carbonyl (C=O) groups is 1. The van der Waals surface area contributed by atoms with Crippen LogP contribution in [0.15, 0.2) is 23.1 Å².